The molecule has 1 unspecified atom stereocenters. The lowest BCUT2D eigenvalue weighted by Gasteiger charge is -2.17. The highest BCUT2D eigenvalue weighted by atomic mass is 19.3. The van der Waals surface area contributed by atoms with Crippen molar-refractivity contribution < 1.29 is 23.4 Å². The molecule has 0 aromatic heterocycles. The van der Waals surface area contributed by atoms with E-state index in [1.165, 1.54) is 6.92 Å². The highest BCUT2D eigenvalue weighted by Gasteiger charge is 2.46. The van der Waals surface area contributed by atoms with E-state index in [4.69, 9.17) is 5.11 Å². The van der Waals surface area contributed by atoms with E-state index in [-0.39, 0.29) is 6.42 Å². The Hall–Kier alpha value is -0.710. The molecule has 0 saturated carbocycles. The van der Waals surface area contributed by atoms with E-state index < -0.39 is 18.0 Å². The highest BCUT2D eigenvalue weighted by Crippen LogP contribution is 2.22. The number of aliphatic hydroxyl groups excluding tert-OH is 1. The van der Waals surface area contributed by atoms with Crippen LogP contribution in [0, 0.1) is 0 Å². The van der Waals surface area contributed by atoms with Gasteiger partial charge in [0.25, 0.3) is 0 Å². The fourth-order valence-corrected chi connectivity index (χ4v) is 0.528. The number of hydrogen-bond donors (Lipinski definition) is 1. The first-order chi connectivity index (χ1) is 4.96. The predicted octanol–water partition coefficient (Wildman–Crippen LogP) is 0.566. The maximum absolute atomic E-state index is 12.5. The number of ether oxygens (including phenoxy) is 1. The summed E-state index contributed by atoms with van der Waals surface area (Å²) < 4.78 is 28.8. The minimum absolute atomic E-state index is 0.192. The van der Waals surface area contributed by atoms with Gasteiger partial charge < -0.3 is 9.84 Å². The van der Waals surface area contributed by atoms with Crippen LogP contribution in [-0.2, 0) is 9.53 Å². The summed E-state index contributed by atoms with van der Waals surface area (Å²) in [6.45, 7) is 1.35. The molecule has 0 aromatic carbocycles. The van der Waals surface area contributed by atoms with Crippen molar-refractivity contribution in [2.24, 2.45) is 0 Å². The largest absolute Gasteiger partial charge is 0.465 e. The van der Waals surface area contributed by atoms with Crippen molar-refractivity contribution in [3.05, 3.63) is 0 Å². The second-order valence-electron chi connectivity index (χ2n) is 2.04. The maximum atomic E-state index is 12.5. The normalized spacial score (nSPS) is 14.3. The van der Waals surface area contributed by atoms with Gasteiger partial charge in [-0.3, -0.25) is 0 Å². The Kier molecular flexibility index (Phi) is 3.38. The van der Waals surface area contributed by atoms with Crippen LogP contribution >= 0.6 is 0 Å². The molecule has 0 bridgehead atoms. The first-order valence-corrected chi connectivity index (χ1v) is 3.11. The number of alkyl halides is 2. The van der Waals surface area contributed by atoms with Crippen molar-refractivity contribution in [1.82, 2.24) is 0 Å². The minimum Gasteiger partial charge on any atom is -0.465 e. The Morgan fingerprint density at radius 1 is 1.73 bits per heavy atom. The van der Waals surface area contributed by atoms with E-state index in [1.807, 2.05) is 0 Å². The smallest absolute Gasteiger partial charge is 0.379 e. The molecule has 0 aliphatic carbocycles. The van der Waals surface area contributed by atoms with Gasteiger partial charge in [0.2, 0.25) is 0 Å². The molecule has 66 valence electrons. The average Bonchev–Trinajstić information content (AvgIpc) is 2.01. The van der Waals surface area contributed by atoms with Gasteiger partial charge in [0.05, 0.1) is 7.11 Å². The van der Waals surface area contributed by atoms with E-state index >= 15 is 0 Å². The van der Waals surface area contributed by atoms with Gasteiger partial charge in [-0.2, -0.15) is 8.78 Å². The van der Waals surface area contributed by atoms with Crippen molar-refractivity contribution in [2.75, 3.05) is 7.11 Å². The molecule has 0 fully saturated rings. The summed E-state index contributed by atoms with van der Waals surface area (Å²) in [5, 5.41) is 8.64. The summed E-state index contributed by atoms with van der Waals surface area (Å²) >= 11 is 0. The third-order valence-corrected chi connectivity index (χ3v) is 1.26. The van der Waals surface area contributed by atoms with Crippen LogP contribution in [0.1, 0.15) is 13.3 Å². The summed E-state index contributed by atoms with van der Waals surface area (Å²) in [5.41, 5.74) is 0. The van der Waals surface area contributed by atoms with Gasteiger partial charge in [0.1, 0.15) is 6.10 Å². The van der Waals surface area contributed by atoms with Gasteiger partial charge in [-0.15, -0.1) is 0 Å². The monoisotopic (exact) mass is 168 g/mol. The van der Waals surface area contributed by atoms with Crippen molar-refractivity contribution in [3.63, 3.8) is 0 Å². The van der Waals surface area contributed by atoms with Gasteiger partial charge >= 0.3 is 11.9 Å². The number of halogens is 2. The van der Waals surface area contributed by atoms with E-state index in [9.17, 15) is 13.6 Å². The SMILES string of the molecule is CCC(O)C(F)(F)C(=O)OC. The number of aliphatic hydroxyl groups is 1. The van der Waals surface area contributed by atoms with Crippen LogP contribution in [0.3, 0.4) is 0 Å². The van der Waals surface area contributed by atoms with Gasteiger partial charge in [-0.05, 0) is 6.42 Å². The molecule has 0 aromatic rings. The van der Waals surface area contributed by atoms with E-state index in [0.717, 1.165) is 7.11 Å². The quantitative estimate of drug-likeness (QED) is 0.626. The zero-order chi connectivity index (χ0) is 9.07. The Labute approximate surface area is 63.0 Å². The van der Waals surface area contributed by atoms with Crippen LogP contribution in [0.25, 0.3) is 0 Å². The second-order valence-corrected chi connectivity index (χ2v) is 2.04. The molecule has 0 aliphatic rings. The molecular formula is C6H10F2O3. The third-order valence-electron chi connectivity index (χ3n) is 1.26. The molecule has 0 saturated heterocycles. The van der Waals surface area contributed by atoms with Crippen molar-refractivity contribution >= 4 is 5.97 Å². The number of carbonyl (C=O) groups is 1. The molecule has 0 heterocycles. The Morgan fingerprint density at radius 2 is 2.18 bits per heavy atom. The van der Waals surface area contributed by atoms with Crippen LogP contribution in [0.2, 0.25) is 0 Å². The summed E-state index contributed by atoms with van der Waals surface area (Å²) in [6, 6.07) is 0. The molecule has 11 heavy (non-hydrogen) atoms. The number of methoxy groups -OCH3 is 1. The summed E-state index contributed by atoms with van der Waals surface area (Å²) in [5.74, 6) is -5.49. The molecular weight excluding hydrogens is 158 g/mol. The Morgan fingerprint density at radius 3 is 2.45 bits per heavy atom. The average molecular weight is 168 g/mol. The number of carbonyl (C=O) groups excluding carboxylic acids is 1. The molecule has 5 heteroatoms. The van der Waals surface area contributed by atoms with E-state index in [1.54, 1.807) is 0 Å². The molecule has 0 aliphatic heterocycles. The van der Waals surface area contributed by atoms with Crippen LogP contribution in [0.4, 0.5) is 8.78 Å². The van der Waals surface area contributed by atoms with Gasteiger partial charge in [-0.25, -0.2) is 4.79 Å². The van der Waals surface area contributed by atoms with E-state index in [0.29, 0.717) is 0 Å². The zero-order valence-corrected chi connectivity index (χ0v) is 6.30. The van der Waals surface area contributed by atoms with Crippen molar-refractivity contribution in [3.8, 4) is 0 Å². The van der Waals surface area contributed by atoms with Gasteiger partial charge in [0.15, 0.2) is 0 Å². The van der Waals surface area contributed by atoms with Crippen molar-refractivity contribution in [1.29, 1.82) is 0 Å². The lowest BCUT2D eigenvalue weighted by atomic mass is 10.1. The lowest BCUT2D eigenvalue weighted by molar-refractivity contribution is -0.185. The molecule has 1 N–H and O–H groups in total. The highest BCUT2D eigenvalue weighted by molar-refractivity contribution is 5.78. The van der Waals surface area contributed by atoms with Crippen LogP contribution < -0.4 is 0 Å². The Bertz CT molecular complexity index is 147. The molecule has 0 spiro atoms. The van der Waals surface area contributed by atoms with Crippen LogP contribution in [0.5, 0.6) is 0 Å². The van der Waals surface area contributed by atoms with Crippen LogP contribution in [0.15, 0.2) is 0 Å². The zero-order valence-electron chi connectivity index (χ0n) is 6.30. The van der Waals surface area contributed by atoms with E-state index in [2.05, 4.69) is 4.74 Å². The number of hydrogen-bond acceptors (Lipinski definition) is 3. The van der Waals surface area contributed by atoms with Gasteiger partial charge in [-0.1, -0.05) is 6.92 Å². The van der Waals surface area contributed by atoms with Gasteiger partial charge in [0, 0.05) is 0 Å². The first kappa shape index (κ1) is 10.3. The summed E-state index contributed by atoms with van der Waals surface area (Å²) in [7, 11) is 0.846. The predicted molar refractivity (Wildman–Crippen MR) is 33.3 cm³/mol. The fourth-order valence-electron chi connectivity index (χ4n) is 0.528. The summed E-state index contributed by atoms with van der Waals surface area (Å²) in [4.78, 5) is 10.3. The topological polar surface area (TPSA) is 46.5 Å². The molecule has 0 radical (unpaired) electrons. The maximum Gasteiger partial charge on any atom is 0.379 e. The third kappa shape index (κ3) is 2.11. The fraction of sp³-hybridized carbons (Fsp3) is 0.833. The van der Waals surface area contributed by atoms with Crippen molar-refractivity contribution in [2.45, 2.75) is 25.4 Å². The van der Waals surface area contributed by atoms with Crippen LogP contribution in [-0.4, -0.2) is 30.2 Å². The lowest BCUT2D eigenvalue weighted by Crippen LogP contribution is -2.41. The molecule has 0 rings (SSSR count). The standard InChI is InChI=1S/C6H10F2O3/c1-3-4(9)6(7,8)5(10)11-2/h4,9H,3H2,1-2H3. The summed E-state index contributed by atoms with van der Waals surface area (Å²) in [6.07, 6.45) is -2.16. The first-order valence-electron chi connectivity index (χ1n) is 3.11. The minimum atomic E-state index is -3.79. The molecule has 0 amide bonds. The molecule has 1 atom stereocenters. The number of rotatable bonds is 3. The second kappa shape index (κ2) is 3.61. The molecule has 3 nitrogen and oxygen atoms in total. The number of esters is 1. The Balaban J connectivity index is 4.31.